The molecule has 1 nitrogen and oxygen atoms in total. The van der Waals surface area contributed by atoms with Gasteiger partial charge in [0.15, 0.2) is 0 Å². The molecule has 3 aliphatic carbocycles. The molecule has 0 bridgehead atoms. The van der Waals surface area contributed by atoms with Gasteiger partial charge in [-0.3, -0.25) is 0 Å². The van der Waals surface area contributed by atoms with Crippen molar-refractivity contribution in [3.8, 4) is 44.5 Å². The van der Waals surface area contributed by atoms with Gasteiger partial charge in [0.2, 0.25) is 0 Å². The van der Waals surface area contributed by atoms with E-state index in [1.807, 2.05) is 0 Å². The van der Waals surface area contributed by atoms with E-state index >= 15 is 0 Å². The topological polar surface area (TPSA) is 3.24 Å². The third-order valence-corrected chi connectivity index (χ3v) is 14.2. The zero-order valence-corrected chi connectivity index (χ0v) is 34.2. The van der Waals surface area contributed by atoms with Crippen molar-refractivity contribution in [2.45, 2.75) is 24.7 Å². The maximum atomic E-state index is 2.54. The van der Waals surface area contributed by atoms with Gasteiger partial charge < -0.3 is 4.90 Å². The monoisotopic (exact) mass is 775 g/mol. The molecule has 0 amide bonds. The molecule has 0 aliphatic heterocycles. The highest BCUT2D eigenvalue weighted by molar-refractivity contribution is 6.11. The maximum Gasteiger partial charge on any atom is 0.0726 e. The third-order valence-electron chi connectivity index (χ3n) is 14.2. The lowest BCUT2D eigenvalue weighted by atomic mass is 9.66. The standard InChI is InChI=1S/C60H41N/c1-59(2)53-28-14-18-39-32-34-44(41-31-30-38-16-6-7-17-40(38)36-41)57(56(39)53)49-24-15-29-55(58(49)59)61(42-19-4-3-5-20-42)43-33-35-48-47-23-10-13-27-52(47)60(54(48)37-43)50-25-11-8-21-45(50)46-22-9-12-26-51(46)60/h3-37H,1-2H3. The van der Waals surface area contributed by atoms with Crippen molar-refractivity contribution in [2.24, 2.45) is 0 Å². The van der Waals surface area contributed by atoms with Crippen molar-refractivity contribution in [1.29, 1.82) is 0 Å². The number of hydrogen-bond donors (Lipinski definition) is 0. The lowest BCUT2D eigenvalue weighted by Crippen LogP contribution is -2.28. The van der Waals surface area contributed by atoms with Crippen LogP contribution in [-0.2, 0) is 10.8 Å². The molecule has 0 saturated carbocycles. The minimum absolute atomic E-state index is 0.314. The smallest absolute Gasteiger partial charge is 0.0726 e. The average Bonchev–Trinajstić information content (AvgIpc) is 3.78. The zero-order chi connectivity index (χ0) is 40.5. The van der Waals surface area contributed by atoms with E-state index in [0.717, 1.165) is 11.4 Å². The summed E-state index contributed by atoms with van der Waals surface area (Å²) in [6.07, 6.45) is 0. The van der Waals surface area contributed by atoms with Gasteiger partial charge in [0, 0.05) is 16.8 Å². The third kappa shape index (κ3) is 4.56. The molecule has 1 heteroatoms. The molecule has 0 unspecified atom stereocenters. The molecule has 13 rings (SSSR count). The Bertz CT molecular complexity index is 3400. The molecule has 0 radical (unpaired) electrons. The average molecular weight is 776 g/mol. The Kier molecular flexibility index (Phi) is 7.06. The Morgan fingerprint density at radius 2 is 0.885 bits per heavy atom. The highest BCUT2D eigenvalue weighted by atomic mass is 15.1. The second-order valence-corrected chi connectivity index (χ2v) is 17.6. The fourth-order valence-corrected chi connectivity index (χ4v) is 11.7. The number of nitrogens with zero attached hydrogens (tertiary/aromatic N) is 1. The summed E-state index contributed by atoms with van der Waals surface area (Å²) >= 11 is 0. The number of fused-ring (bicyclic) bond motifs is 13. The molecule has 0 saturated heterocycles. The van der Waals surface area contributed by atoms with E-state index in [0.29, 0.717) is 0 Å². The Labute approximate surface area is 356 Å². The Hall–Kier alpha value is -7.48. The maximum absolute atomic E-state index is 2.54. The predicted molar refractivity (Wildman–Crippen MR) is 255 cm³/mol. The van der Waals surface area contributed by atoms with Gasteiger partial charge >= 0.3 is 0 Å². The lowest BCUT2D eigenvalue weighted by molar-refractivity contribution is 0.646. The van der Waals surface area contributed by atoms with Gasteiger partial charge in [-0.2, -0.15) is 0 Å². The summed E-state index contributed by atoms with van der Waals surface area (Å²) in [6.45, 7) is 4.86. The normalized spacial score (nSPS) is 14.3. The molecule has 0 fully saturated rings. The van der Waals surface area contributed by atoms with E-state index in [1.54, 1.807) is 0 Å². The van der Waals surface area contributed by atoms with Gasteiger partial charge in [0.1, 0.15) is 0 Å². The Morgan fingerprint density at radius 3 is 1.61 bits per heavy atom. The minimum Gasteiger partial charge on any atom is -0.310 e. The van der Waals surface area contributed by atoms with Crippen LogP contribution in [0.3, 0.4) is 0 Å². The van der Waals surface area contributed by atoms with E-state index in [-0.39, 0.29) is 5.41 Å². The van der Waals surface area contributed by atoms with Gasteiger partial charge in [0.25, 0.3) is 0 Å². The Balaban J connectivity index is 1.09. The van der Waals surface area contributed by atoms with Crippen molar-refractivity contribution < 1.29 is 0 Å². The Morgan fingerprint density at radius 1 is 0.344 bits per heavy atom. The molecular weight excluding hydrogens is 735 g/mol. The van der Waals surface area contributed by atoms with Crippen LogP contribution in [0.4, 0.5) is 17.1 Å². The second kappa shape index (κ2) is 12.5. The van der Waals surface area contributed by atoms with Crippen LogP contribution in [0.2, 0.25) is 0 Å². The first-order chi connectivity index (χ1) is 30.0. The summed E-state index contributed by atoms with van der Waals surface area (Å²) < 4.78 is 0. The summed E-state index contributed by atoms with van der Waals surface area (Å²) in [5.41, 5.74) is 21.2. The highest BCUT2D eigenvalue weighted by Gasteiger charge is 2.51. The van der Waals surface area contributed by atoms with E-state index in [9.17, 15) is 0 Å². The first-order valence-electron chi connectivity index (χ1n) is 21.5. The lowest BCUT2D eigenvalue weighted by Gasteiger charge is -2.40. The van der Waals surface area contributed by atoms with Crippen molar-refractivity contribution in [3.05, 3.63) is 246 Å². The first-order valence-corrected chi connectivity index (χ1v) is 21.5. The van der Waals surface area contributed by atoms with Gasteiger partial charge in [-0.25, -0.2) is 0 Å². The van der Waals surface area contributed by atoms with Crippen LogP contribution in [0.5, 0.6) is 0 Å². The van der Waals surface area contributed by atoms with Crippen molar-refractivity contribution in [3.63, 3.8) is 0 Å². The summed E-state index contributed by atoms with van der Waals surface area (Å²) in [6, 6.07) is 79.8. The predicted octanol–water partition coefficient (Wildman–Crippen LogP) is 15.8. The van der Waals surface area contributed by atoms with Crippen LogP contribution < -0.4 is 4.90 Å². The molecule has 0 N–H and O–H groups in total. The van der Waals surface area contributed by atoms with Crippen LogP contribution in [0, 0.1) is 0 Å². The molecule has 10 aromatic rings. The van der Waals surface area contributed by atoms with E-state index in [2.05, 4.69) is 231 Å². The molecule has 3 aliphatic rings. The molecule has 61 heavy (non-hydrogen) atoms. The first kappa shape index (κ1) is 34.4. The van der Waals surface area contributed by atoms with Crippen molar-refractivity contribution in [1.82, 2.24) is 0 Å². The van der Waals surface area contributed by atoms with Gasteiger partial charge in [0.05, 0.1) is 11.1 Å². The molecule has 1 spiro atoms. The molecule has 286 valence electrons. The highest BCUT2D eigenvalue weighted by Crippen LogP contribution is 2.64. The van der Waals surface area contributed by atoms with Crippen LogP contribution in [0.15, 0.2) is 212 Å². The molecule has 0 atom stereocenters. The molecule has 0 heterocycles. The van der Waals surface area contributed by atoms with E-state index < -0.39 is 5.41 Å². The molecular formula is C60H41N. The summed E-state index contributed by atoms with van der Waals surface area (Å²) in [4.78, 5) is 2.54. The van der Waals surface area contributed by atoms with Crippen molar-refractivity contribution in [2.75, 3.05) is 4.90 Å². The van der Waals surface area contributed by atoms with Crippen molar-refractivity contribution >= 4 is 38.6 Å². The largest absolute Gasteiger partial charge is 0.310 e. The van der Waals surface area contributed by atoms with Crippen LogP contribution in [-0.4, -0.2) is 0 Å². The number of benzene rings is 10. The van der Waals surface area contributed by atoms with Crippen LogP contribution in [0.1, 0.15) is 47.2 Å². The summed E-state index contributed by atoms with van der Waals surface area (Å²) in [5, 5.41) is 5.14. The fraction of sp³-hybridized carbons (Fsp3) is 0.0667. The fourth-order valence-electron chi connectivity index (χ4n) is 11.7. The molecule has 10 aromatic carbocycles. The van der Waals surface area contributed by atoms with E-state index in [4.69, 9.17) is 0 Å². The summed E-state index contributed by atoms with van der Waals surface area (Å²) in [5.74, 6) is 0. The SMILES string of the molecule is CC1(C)c2c(cccc2N(c2ccccc2)c2ccc3c(c2)C2(c4ccccc4-c4ccccc42)c2ccccc2-3)-c2c(-c3ccc4ccccc4c3)ccc3cccc1c23. The van der Waals surface area contributed by atoms with Crippen LogP contribution >= 0.6 is 0 Å². The van der Waals surface area contributed by atoms with Gasteiger partial charge in [-0.15, -0.1) is 0 Å². The number of para-hydroxylation sites is 1. The van der Waals surface area contributed by atoms with E-state index in [1.165, 1.54) is 105 Å². The number of anilines is 3. The van der Waals surface area contributed by atoms with Gasteiger partial charge in [-0.1, -0.05) is 190 Å². The van der Waals surface area contributed by atoms with Gasteiger partial charge in [-0.05, 0) is 136 Å². The quantitative estimate of drug-likeness (QED) is 0.172. The number of rotatable bonds is 4. The summed E-state index contributed by atoms with van der Waals surface area (Å²) in [7, 11) is 0. The zero-order valence-electron chi connectivity index (χ0n) is 34.2. The second-order valence-electron chi connectivity index (χ2n) is 17.6. The number of hydrogen-bond acceptors (Lipinski definition) is 1. The molecule has 0 aromatic heterocycles. The minimum atomic E-state index is -0.434. The van der Waals surface area contributed by atoms with Crippen LogP contribution in [0.25, 0.3) is 66.1 Å².